The van der Waals surface area contributed by atoms with Crippen LogP contribution < -0.4 is 20.1 Å². The molecule has 0 spiro atoms. The third-order valence-corrected chi connectivity index (χ3v) is 4.33. The lowest BCUT2D eigenvalue weighted by atomic mass is 10.1. The number of nitrogens with one attached hydrogen (secondary N) is 3. The topological polar surface area (TPSA) is 88.3 Å². The number of carbonyl (C=O) groups is 1. The summed E-state index contributed by atoms with van der Waals surface area (Å²) in [6.07, 6.45) is 1.59. The van der Waals surface area contributed by atoms with Crippen molar-refractivity contribution in [1.82, 2.24) is 20.8 Å². The number of nitrogens with zero attached hydrogens (tertiary/aromatic N) is 1. The number of carbonyl (C=O) groups excluding carboxylic acids is 1. The van der Waals surface area contributed by atoms with E-state index in [1.165, 1.54) is 0 Å². The highest BCUT2D eigenvalue weighted by Gasteiger charge is 2.21. The van der Waals surface area contributed by atoms with Crippen LogP contribution in [0.25, 0.3) is 0 Å². The molecular formula is C19H26N4O3. The first-order chi connectivity index (χ1) is 12.7. The summed E-state index contributed by atoms with van der Waals surface area (Å²) in [5.74, 6) is 1.35. The van der Waals surface area contributed by atoms with Gasteiger partial charge in [0.25, 0.3) is 5.91 Å². The Kier molecular flexibility index (Phi) is 6.12. The predicted octanol–water partition coefficient (Wildman–Crippen LogP) is 1.83. The Balaban J connectivity index is 1.58. The van der Waals surface area contributed by atoms with Crippen molar-refractivity contribution >= 4 is 5.91 Å². The molecule has 3 N–H and O–H groups in total. The van der Waals surface area contributed by atoms with Crippen LogP contribution in [0.4, 0.5) is 0 Å². The molecule has 0 saturated heterocycles. The molecular weight excluding hydrogens is 332 g/mol. The zero-order valence-electron chi connectivity index (χ0n) is 15.4. The molecule has 3 rings (SSSR count). The molecule has 0 radical (unpaired) electrons. The van der Waals surface area contributed by atoms with E-state index in [-0.39, 0.29) is 5.91 Å². The number of aromatic nitrogens is 2. The number of hydrogen-bond donors (Lipinski definition) is 3. The molecule has 26 heavy (non-hydrogen) atoms. The third kappa shape index (κ3) is 4.16. The van der Waals surface area contributed by atoms with E-state index in [1.807, 2.05) is 32.0 Å². The number of benzene rings is 1. The van der Waals surface area contributed by atoms with Crippen molar-refractivity contribution in [2.75, 3.05) is 26.3 Å². The van der Waals surface area contributed by atoms with Crippen LogP contribution in [0.1, 0.15) is 41.2 Å². The standard InChI is InChI=1S/C19H26N4O3/c1-3-25-16-6-5-13(11-17(16)26-4-2)7-10-21-19(24)18-14-12-20-9-8-15(14)22-23-18/h5-6,11,20H,3-4,7-10,12H2,1-2H3,(H,21,24)(H,22,23). The summed E-state index contributed by atoms with van der Waals surface area (Å²) in [6, 6.07) is 5.89. The highest BCUT2D eigenvalue weighted by molar-refractivity contribution is 5.94. The molecule has 2 heterocycles. The molecule has 0 saturated carbocycles. The van der Waals surface area contributed by atoms with Crippen LogP contribution in [0.5, 0.6) is 11.5 Å². The zero-order chi connectivity index (χ0) is 18.4. The fourth-order valence-electron chi connectivity index (χ4n) is 3.07. The Labute approximate surface area is 153 Å². The Hall–Kier alpha value is -2.54. The fourth-order valence-corrected chi connectivity index (χ4v) is 3.07. The Morgan fingerprint density at radius 1 is 1.23 bits per heavy atom. The third-order valence-electron chi connectivity index (χ3n) is 4.33. The SMILES string of the molecule is CCOc1ccc(CCNC(=O)c2n[nH]c3c2CNCC3)cc1OCC. The summed E-state index contributed by atoms with van der Waals surface area (Å²) in [5, 5.41) is 13.4. The van der Waals surface area contributed by atoms with Gasteiger partial charge in [0.1, 0.15) is 0 Å². The van der Waals surface area contributed by atoms with Gasteiger partial charge < -0.3 is 20.1 Å². The Morgan fingerprint density at radius 2 is 2.04 bits per heavy atom. The van der Waals surface area contributed by atoms with Gasteiger partial charge >= 0.3 is 0 Å². The van der Waals surface area contributed by atoms with Gasteiger partial charge in [0, 0.05) is 37.3 Å². The number of fused-ring (bicyclic) bond motifs is 1. The maximum atomic E-state index is 12.4. The van der Waals surface area contributed by atoms with E-state index < -0.39 is 0 Å². The molecule has 0 unspecified atom stereocenters. The second-order valence-electron chi connectivity index (χ2n) is 6.11. The van der Waals surface area contributed by atoms with Crippen LogP contribution >= 0.6 is 0 Å². The number of ether oxygens (including phenoxy) is 2. The molecule has 1 amide bonds. The van der Waals surface area contributed by atoms with Crippen LogP contribution in [-0.4, -0.2) is 42.4 Å². The highest BCUT2D eigenvalue weighted by Crippen LogP contribution is 2.28. The van der Waals surface area contributed by atoms with E-state index in [0.29, 0.717) is 38.4 Å². The quantitative estimate of drug-likeness (QED) is 0.670. The second-order valence-corrected chi connectivity index (χ2v) is 6.11. The predicted molar refractivity (Wildman–Crippen MR) is 98.8 cm³/mol. The number of hydrogen-bond acceptors (Lipinski definition) is 5. The van der Waals surface area contributed by atoms with Gasteiger partial charge in [-0.25, -0.2) is 0 Å². The number of rotatable bonds is 8. The van der Waals surface area contributed by atoms with E-state index in [4.69, 9.17) is 9.47 Å². The molecule has 1 aliphatic rings. The van der Waals surface area contributed by atoms with Crippen LogP contribution in [-0.2, 0) is 19.4 Å². The molecule has 0 atom stereocenters. The van der Waals surface area contributed by atoms with Crippen molar-refractivity contribution in [3.8, 4) is 11.5 Å². The molecule has 140 valence electrons. The van der Waals surface area contributed by atoms with Crippen LogP contribution in [0.15, 0.2) is 18.2 Å². The summed E-state index contributed by atoms with van der Waals surface area (Å²) in [5.41, 5.74) is 3.62. The van der Waals surface area contributed by atoms with Gasteiger partial charge in [-0.2, -0.15) is 5.10 Å². The van der Waals surface area contributed by atoms with Crippen molar-refractivity contribution < 1.29 is 14.3 Å². The van der Waals surface area contributed by atoms with Crippen LogP contribution in [0.3, 0.4) is 0 Å². The van der Waals surface area contributed by atoms with Gasteiger partial charge in [0.15, 0.2) is 17.2 Å². The average molecular weight is 358 g/mol. The van der Waals surface area contributed by atoms with Crippen molar-refractivity contribution in [3.05, 3.63) is 40.7 Å². The molecule has 0 aliphatic carbocycles. The number of aromatic amines is 1. The maximum absolute atomic E-state index is 12.4. The van der Waals surface area contributed by atoms with E-state index >= 15 is 0 Å². The Bertz CT molecular complexity index is 757. The normalized spacial score (nSPS) is 13.2. The summed E-state index contributed by atoms with van der Waals surface area (Å²) in [7, 11) is 0. The van der Waals surface area contributed by atoms with Crippen molar-refractivity contribution in [2.24, 2.45) is 0 Å². The van der Waals surface area contributed by atoms with Crippen molar-refractivity contribution in [3.63, 3.8) is 0 Å². The molecule has 1 aromatic carbocycles. The minimum atomic E-state index is -0.137. The van der Waals surface area contributed by atoms with Gasteiger partial charge in [-0.05, 0) is 38.0 Å². The zero-order valence-corrected chi connectivity index (χ0v) is 15.4. The van der Waals surface area contributed by atoms with Crippen LogP contribution in [0, 0.1) is 0 Å². The van der Waals surface area contributed by atoms with E-state index in [2.05, 4.69) is 20.8 Å². The van der Waals surface area contributed by atoms with Gasteiger partial charge in [-0.15, -0.1) is 0 Å². The molecule has 1 aliphatic heterocycles. The van der Waals surface area contributed by atoms with E-state index in [1.54, 1.807) is 0 Å². The van der Waals surface area contributed by atoms with E-state index in [9.17, 15) is 4.79 Å². The Morgan fingerprint density at radius 3 is 2.85 bits per heavy atom. The summed E-state index contributed by atoms with van der Waals surface area (Å²) >= 11 is 0. The lowest BCUT2D eigenvalue weighted by Crippen LogP contribution is -2.29. The van der Waals surface area contributed by atoms with Crippen LogP contribution in [0.2, 0.25) is 0 Å². The van der Waals surface area contributed by atoms with Crippen molar-refractivity contribution in [2.45, 2.75) is 33.2 Å². The lowest BCUT2D eigenvalue weighted by Gasteiger charge is -2.13. The summed E-state index contributed by atoms with van der Waals surface area (Å²) in [4.78, 5) is 12.4. The largest absolute Gasteiger partial charge is 0.490 e. The number of H-pyrrole nitrogens is 1. The molecule has 1 aromatic heterocycles. The van der Waals surface area contributed by atoms with Crippen molar-refractivity contribution in [1.29, 1.82) is 0 Å². The van der Waals surface area contributed by atoms with Gasteiger partial charge in [0.05, 0.1) is 13.2 Å². The molecule has 0 fully saturated rings. The average Bonchev–Trinajstić information content (AvgIpc) is 3.08. The van der Waals surface area contributed by atoms with Gasteiger partial charge in [-0.3, -0.25) is 9.89 Å². The maximum Gasteiger partial charge on any atom is 0.272 e. The molecule has 0 bridgehead atoms. The van der Waals surface area contributed by atoms with Gasteiger partial charge in [-0.1, -0.05) is 6.07 Å². The lowest BCUT2D eigenvalue weighted by molar-refractivity contribution is 0.0948. The summed E-state index contributed by atoms with van der Waals surface area (Å²) in [6.45, 7) is 7.20. The van der Waals surface area contributed by atoms with E-state index in [0.717, 1.165) is 41.3 Å². The van der Waals surface area contributed by atoms with Gasteiger partial charge in [0.2, 0.25) is 0 Å². The smallest absolute Gasteiger partial charge is 0.272 e. The minimum absolute atomic E-state index is 0.137. The first-order valence-electron chi connectivity index (χ1n) is 9.16. The monoisotopic (exact) mass is 358 g/mol. The minimum Gasteiger partial charge on any atom is -0.490 e. The molecule has 2 aromatic rings. The first-order valence-corrected chi connectivity index (χ1v) is 9.16. The highest BCUT2D eigenvalue weighted by atomic mass is 16.5. The second kappa shape index (κ2) is 8.71. The fraction of sp³-hybridized carbons (Fsp3) is 0.474. The first kappa shape index (κ1) is 18.3. The number of amides is 1. The summed E-state index contributed by atoms with van der Waals surface area (Å²) < 4.78 is 11.2. The molecule has 7 nitrogen and oxygen atoms in total. The molecule has 7 heteroatoms.